The van der Waals surface area contributed by atoms with Crippen molar-refractivity contribution in [2.24, 2.45) is 0 Å². The zero-order valence-corrected chi connectivity index (χ0v) is 16.8. The molecule has 0 atom stereocenters. The molecule has 1 N–H and O–H groups in total. The molecule has 3 rings (SSSR count). The van der Waals surface area contributed by atoms with Crippen LogP contribution in [0.5, 0.6) is 11.5 Å². The van der Waals surface area contributed by atoms with E-state index in [0.29, 0.717) is 36.9 Å². The van der Waals surface area contributed by atoms with Crippen molar-refractivity contribution in [2.75, 3.05) is 72.1 Å². The molecule has 0 spiro atoms. The quantitative estimate of drug-likeness (QED) is 0.764. The third kappa shape index (κ3) is 5.73. The predicted octanol–water partition coefficient (Wildman–Crippen LogP) is 2.05. The lowest BCUT2D eigenvalue weighted by atomic mass is 10.1. The monoisotopic (exact) mass is 393 g/mol. The Balaban J connectivity index is 1.68. The van der Waals surface area contributed by atoms with Crippen molar-refractivity contribution in [3.8, 4) is 11.5 Å². The van der Waals surface area contributed by atoms with Crippen molar-refractivity contribution < 1.29 is 23.7 Å². The summed E-state index contributed by atoms with van der Waals surface area (Å²) in [6.07, 6.45) is 1.72. The highest BCUT2D eigenvalue weighted by Crippen LogP contribution is 2.26. The maximum Gasteiger partial charge on any atom is 0.322 e. The second kappa shape index (κ2) is 10.5. The fourth-order valence-electron chi connectivity index (χ4n) is 3.60. The first kappa shape index (κ1) is 20.7. The standard InChI is InChI=1S/C20H31N3O5/c1-25-18-13-16(14-19(15-18)26-2)21-20(24)23(17-3-9-27-10-4-17)6-5-22-7-11-28-12-8-22/h13-15,17H,3-12H2,1-2H3,(H,21,24). The van der Waals surface area contributed by atoms with E-state index in [1.54, 1.807) is 32.4 Å². The summed E-state index contributed by atoms with van der Waals surface area (Å²) in [6, 6.07) is 5.46. The summed E-state index contributed by atoms with van der Waals surface area (Å²) in [6.45, 7) is 6.25. The van der Waals surface area contributed by atoms with Crippen molar-refractivity contribution in [2.45, 2.75) is 18.9 Å². The average Bonchev–Trinajstić information content (AvgIpc) is 2.75. The number of amides is 2. The Morgan fingerprint density at radius 1 is 1.07 bits per heavy atom. The van der Waals surface area contributed by atoms with E-state index in [1.165, 1.54) is 0 Å². The summed E-state index contributed by atoms with van der Waals surface area (Å²) in [5.74, 6) is 1.28. The van der Waals surface area contributed by atoms with Gasteiger partial charge in [-0.2, -0.15) is 0 Å². The number of hydrogen-bond donors (Lipinski definition) is 1. The number of morpholine rings is 1. The minimum Gasteiger partial charge on any atom is -0.497 e. The zero-order chi connectivity index (χ0) is 19.8. The van der Waals surface area contributed by atoms with Gasteiger partial charge in [-0.15, -0.1) is 0 Å². The van der Waals surface area contributed by atoms with E-state index in [4.69, 9.17) is 18.9 Å². The number of urea groups is 1. The molecule has 0 bridgehead atoms. The molecule has 8 nitrogen and oxygen atoms in total. The van der Waals surface area contributed by atoms with E-state index in [2.05, 4.69) is 10.2 Å². The zero-order valence-electron chi connectivity index (χ0n) is 16.8. The maximum atomic E-state index is 13.1. The first-order valence-corrected chi connectivity index (χ1v) is 9.88. The fourth-order valence-corrected chi connectivity index (χ4v) is 3.60. The molecule has 2 fully saturated rings. The average molecular weight is 393 g/mol. The maximum absolute atomic E-state index is 13.1. The molecule has 156 valence electrons. The van der Waals surface area contributed by atoms with Gasteiger partial charge in [0.15, 0.2) is 0 Å². The van der Waals surface area contributed by atoms with Gasteiger partial charge in [-0.3, -0.25) is 4.90 Å². The van der Waals surface area contributed by atoms with Gasteiger partial charge in [-0.05, 0) is 12.8 Å². The van der Waals surface area contributed by atoms with Gasteiger partial charge in [0.2, 0.25) is 0 Å². The highest BCUT2D eigenvalue weighted by Gasteiger charge is 2.27. The van der Waals surface area contributed by atoms with Crippen molar-refractivity contribution in [3.05, 3.63) is 18.2 Å². The van der Waals surface area contributed by atoms with Crippen LogP contribution < -0.4 is 14.8 Å². The molecule has 0 unspecified atom stereocenters. The van der Waals surface area contributed by atoms with Crippen LogP contribution in [0.1, 0.15) is 12.8 Å². The molecule has 2 saturated heterocycles. The third-order valence-corrected chi connectivity index (χ3v) is 5.26. The van der Waals surface area contributed by atoms with Gasteiger partial charge in [-0.1, -0.05) is 0 Å². The molecule has 1 aromatic carbocycles. The van der Waals surface area contributed by atoms with Crippen molar-refractivity contribution >= 4 is 11.7 Å². The van der Waals surface area contributed by atoms with E-state index in [0.717, 1.165) is 45.7 Å². The Bertz CT molecular complexity index is 608. The number of methoxy groups -OCH3 is 2. The fraction of sp³-hybridized carbons (Fsp3) is 0.650. The van der Waals surface area contributed by atoms with Gasteiger partial charge in [0, 0.05) is 69.3 Å². The van der Waals surface area contributed by atoms with Crippen LogP contribution in [0, 0.1) is 0 Å². The number of rotatable bonds is 7. The highest BCUT2D eigenvalue weighted by molar-refractivity contribution is 5.90. The molecular weight excluding hydrogens is 362 g/mol. The van der Waals surface area contributed by atoms with E-state index < -0.39 is 0 Å². The van der Waals surface area contributed by atoms with Crippen molar-refractivity contribution in [3.63, 3.8) is 0 Å². The Morgan fingerprint density at radius 3 is 2.29 bits per heavy atom. The minimum atomic E-state index is -0.101. The van der Waals surface area contributed by atoms with Crippen LogP contribution in [0.15, 0.2) is 18.2 Å². The van der Waals surface area contributed by atoms with Crippen LogP contribution in [0.4, 0.5) is 10.5 Å². The van der Waals surface area contributed by atoms with Gasteiger partial charge >= 0.3 is 6.03 Å². The first-order chi connectivity index (χ1) is 13.7. The van der Waals surface area contributed by atoms with Crippen molar-refractivity contribution in [1.82, 2.24) is 9.80 Å². The van der Waals surface area contributed by atoms with Crippen LogP contribution in [0.3, 0.4) is 0 Å². The molecule has 0 saturated carbocycles. The number of carbonyl (C=O) groups is 1. The Hall–Kier alpha value is -2.03. The number of anilines is 1. The first-order valence-electron chi connectivity index (χ1n) is 9.88. The Labute approximate surface area is 166 Å². The second-order valence-corrected chi connectivity index (χ2v) is 7.02. The van der Waals surface area contributed by atoms with Gasteiger partial charge in [0.1, 0.15) is 11.5 Å². The Kier molecular flexibility index (Phi) is 7.76. The highest BCUT2D eigenvalue weighted by atomic mass is 16.5. The van der Waals surface area contributed by atoms with E-state index in [9.17, 15) is 4.79 Å². The van der Waals surface area contributed by atoms with Crippen LogP contribution >= 0.6 is 0 Å². The lowest BCUT2D eigenvalue weighted by molar-refractivity contribution is 0.0238. The second-order valence-electron chi connectivity index (χ2n) is 7.02. The molecule has 8 heteroatoms. The summed E-state index contributed by atoms with van der Waals surface area (Å²) in [7, 11) is 3.19. The van der Waals surface area contributed by atoms with Crippen LogP contribution in [0.2, 0.25) is 0 Å². The molecule has 0 aromatic heterocycles. The molecule has 2 aliphatic rings. The predicted molar refractivity (Wildman–Crippen MR) is 106 cm³/mol. The number of benzene rings is 1. The molecule has 2 aliphatic heterocycles. The molecule has 2 heterocycles. The summed E-state index contributed by atoms with van der Waals surface area (Å²) < 4.78 is 21.5. The smallest absolute Gasteiger partial charge is 0.322 e. The molecule has 0 aliphatic carbocycles. The van der Waals surface area contributed by atoms with Crippen LogP contribution in [-0.2, 0) is 9.47 Å². The summed E-state index contributed by atoms with van der Waals surface area (Å²) >= 11 is 0. The van der Waals surface area contributed by atoms with E-state index in [1.807, 2.05) is 4.90 Å². The van der Waals surface area contributed by atoms with E-state index >= 15 is 0 Å². The molecule has 1 aromatic rings. The number of carbonyl (C=O) groups excluding carboxylic acids is 1. The van der Waals surface area contributed by atoms with Crippen LogP contribution in [-0.4, -0.2) is 88.7 Å². The number of nitrogens with one attached hydrogen (secondary N) is 1. The molecular formula is C20H31N3O5. The molecule has 28 heavy (non-hydrogen) atoms. The lowest BCUT2D eigenvalue weighted by Crippen LogP contribution is -2.49. The minimum absolute atomic E-state index is 0.101. The lowest BCUT2D eigenvalue weighted by Gasteiger charge is -2.36. The van der Waals surface area contributed by atoms with Crippen molar-refractivity contribution in [1.29, 1.82) is 0 Å². The van der Waals surface area contributed by atoms with E-state index in [-0.39, 0.29) is 12.1 Å². The number of nitrogens with zero attached hydrogens (tertiary/aromatic N) is 2. The van der Waals surface area contributed by atoms with Crippen LogP contribution in [0.25, 0.3) is 0 Å². The summed E-state index contributed by atoms with van der Waals surface area (Å²) in [5, 5.41) is 3.02. The van der Waals surface area contributed by atoms with Gasteiger partial charge < -0.3 is 29.2 Å². The van der Waals surface area contributed by atoms with Gasteiger partial charge in [0.25, 0.3) is 0 Å². The summed E-state index contributed by atoms with van der Waals surface area (Å²) in [5.41, 5.74) is 0.657. The topological polar surface area (TPSA) is 72.5 Å². The Morgan fingerprint density at radius 2 is 1.68 bits per heavy atom. The summed E-state index contributed by atoms with van der Waals surface area (Å²) in [4.78, 5) is 17.4. The SMILES string of the molecule is COc1cc(NC(=O)N(CCN2CCOCC2)C2CCOCC2)cc(OC)c1. The third-order valence-electron chi connectivity index (χ3n) is 5.26. The number of hydrogen-bond acceptors (Lipinski definition) is 6. The molecule has 2 amide bonds. The molecule has 0 radical (unpaired) electrons. The number of ether oxygens (including phenoxy) is 4. The van der Waals surface area contributed by atoms with Gasteiger partial charge in [0.05, 0.1) is 27.4 Å². The normalized spacial score (nSPS) is 18.5. The van der Waals surface area contributed by atoms with Gasteiger partial charge in [-0.25, -0.2) is 4.79 Å². The largest absolute Gasteiger partial charge is 0.497 e.